The number of rotatable bonds is 6. The second-order valence-corrected chi connectivity index (χ2v) is 6.33. The van der Waals surface area contributed by atoms with E-state index in [1.54, 1.807) is 23.6 Å². The van der Waals surface area contributed by atoms with E-state index >= 15 is 0 Å². The van der Waals surface area contributed by atoms with Crippen molar-refractivity contribution in [3.8, 4) is 0 Å². The quantitative estimate of drug-likeness (QED) is 0.831. The standard InChI is InChI=1S/C15H18ClN3OS/c1-11(13-4-3-7-21-13)18-15(20)10-19(2)9-12-5-6-14(16)17-8-12/h3-8,11H,9-10H2,1-2H3,(H,18,20)/t11-/m0/s1. The van der Waals surface area contributed by atoms with Gasteiger partial charge in [0.1, 0.15) is 5.15 Å². The minimum atomic E-state index is 0.0142. The van der Waals surface area contributed by atoms with Crippen LogP contribution in [0.15, 0.2) is 35.8 Å². The molecule has 6 heteroatoms. The zero-order valence-electron chi connectivity index (χ0n) is 12.0. The number of carbonyl (C=O) groups is 1. The van der Waals surface area contributed by atoms with Gasteiger partial charge in [-0.1, -0.05) is 23.7 Å². The van der Waals surface area contributed by atoms with Crippen molar-refractivity contribution < 1.29 is 4.79 Å². The highest BCUT2D eigenvalue weighted by Gasteiger charge is 2.12. The van der Waals surface area contributed by atoms with Gasteiger partial charge in [-0.2, -0.15) is 0 Å². The Labute approximate surface area is 133 Å². The van der Waals surface area contributed by atoms with Gasteiger partial charge in [0.25, 0.3) is 0 Å². The van der Waals surface area contributed by atoms with E-state index in [2.05, 4.69) is 10.3 Å². The molecule has 0 aliphatic rings. The van der Waals surface area contributed by atoms with Crippen molar-refractivity contribution >= 4 is 28.8 Å². The lowest BCUT2D eigenvalue weighted by atomic mass is 10.2. The largest absolute Gasteiger partial charge is 0.348 e. The highest BCUT2D eigenvalue weighted by molar-refractivity contribution is 7.10. The highest BCUT2D eigenvalue weighted by Crippen LogP contribution is 2.17. The molecule has 2 aromatic heterocycles. The topological polar surface area (TPSA) is 45.2 Å². The van der Waals surface area contributed by atoms with Crippen molar-refractivity contribution in [2.24, 2.45) is 0 Å². The molecule has 2 heterocycles. The first-order valence-electron chi connectivity index (χ1n) is 6.66. The van der Waals surface area contributed by atoms with Gasteiger partial charge in [-0.3, -0.25) is 9.69 Å². The monoisotopic (exact) mass is 323 g/mol. The summed E-state index contributed by atoms with van der Waals surface area (Å²) in [6.45, 7) is 3.00. The minimum Gasteiger partial charge on any atom is -0.348 e. The van der Waals surface area contributed by atoms with E-state index in [4.69, 9.17) is 11.6 Å². The predicted octanol–water partition coefficient (Wildman–Crippen LogP) is 3.11. The molecule has 112 valence electrons. The third-order valence-corrected chi connectivity index (χ3v) is 4.28. The van der Waals surface area contributed by atoms with Crippen molar-refractivity contribution in [1.29, 1.82) is 0 Å². The van der Waals surface area contributed by atoms with Crippen LogP contribution < -0.4 is 5.32 Å². The van der Waals surface area contributed by atoms with E-state index in [0.29, 0.717) is 18.2 Å². The Morgan fingerprint density at radius 2 is 2.29 bits per heavy atom. The van der Waals surface area contributed by atoms with Crippen LogP contribution in [-0.4, -0.2) is 29.4 Å². The molecule has 0 saturated heterocycles. The maximum Gasteiger partial charge on any atom is 0.234 e. The Morgan fingerprint density at radius 1 is 1.48 bits per heavy atom. The van der Waals surface area contributed by atoms with Crippen LogP contribution in [0.3, 0.4) is 0 Å². The zero-order valence-corrected chi connectivity index (χ0v) is 13.6. The molecule has 0 bridgehead atoms. The molecule has 0 fully saturated rings. The van der Waals surface area contributed by atoms with E-state index in [0.717, 1.165) is 10.4 Å². The van der Waals surface area contributed by atoms with E-state index in [1.807, 2.05) is 42.5 Å². The summed E-state index contributed by atoms with van der Waals surface area (Å²) in [5.74, 6) is 0.0142. The number of thiophene rings is 1. The van der Waals surface area contributed by atoms with E-state index in [9.17, 15) is 4.79 Å². The molecule has 2 rings (SSSR count). The Hall–Kier alpha value is -1.43. The van der Waals surface area contributed by atoms with Crippen molar-refractivity contribution in [3.05, 3.63) is 51.4 Å². The molecule has 4 nitrogen and oxygen atoms in total. The molecule has 1 amide bonds. The molecule has 0 spiro atoms. The Kier molecular flexibility index (Phi) is 5.73. The van der Waals surface area contributed by atoms with Gasteiger partial charge < -0.3 is 5.32 Å². The molecule has 21 heavy (non-hydrogen) atoms. The van der Waals surface area contributed by atoms with Crippen molar-refractivity contribution in [2.75, 3.05) is 13.6 Å². The summed E-state index contributed by atoms with van der Waals surface area (Å²) in [6, 6.07) is 7.73. The normalized spacial score (nSPS) is 12.4. The maximum atomic E-state index is 12.0. The van der Waals surface area contributed by atoms with Crippen LogP contribution in [0.2, 0.25) is 5.15 Å². The van der Waals surface area contributed by atoms with Crippen LogP contribution in [-0.2, 0) is 11.3 Å². The number of carbonyl (C=O) groups excluding carboxylic acids is 1. The summed E-state index contributed by atoms with van der Waals surface area (Å²) < 4.78 is 0. The Balaban J connectivity index is 1.80. The van der Waals surface area contributed by atoms with Crippen LogP contribution in [0.25, 0.3) is 0 Å². The highest BCUT2D eigenvalue weighted by atomic mass is 35.5. The summed E-state index contributed by atoms with van der Waals surface area (Å²) in [5, 5.41) is 5.49. The number of nitrogens with zero attached hydrogens (tertiary/aromatic N) is 2. The van der Waals surface area contributed by atoms with Gasteiger partial charge in [-0.25, -0.2) is 4.98 Å². The molecule has 2 aromatic rings. The number of pyridine rings is 1. The third kappa shape index (κ3) is 5.12. The van der Waals surface area contributed by atoms with E-state index in [-0.39, 0.29) is 11.9 Å². The first kappa shape index (κ1) is 15.9. The number of amides is 1. The van der Waals surface area contributed by atoms with Crippen LogP contribution in [0, 0.1) is 0 Å². The van der Waals surface area contributed by atoms with Crippen molar-refractivity contribution in [1.82, 2.24) is 15.2 Å². The van der Waals surface area contributed by atoms with Crippen LogP contribution in [0.4, 0.5) is 0 Å². The molecular weight excluding hydrogens is 306 g/mol. The number of likely N-dealkylation sites (N-methyl/N-ethyl adjacent to an activating group) is 1. The fraction of sp³-hybridized carbons (Fsp3) is 0.333. The second kappa shape index (κ2) is 7.54. The van der Waals surface area contributed by atoms with Gasteiger partial charge in [0, 0.05) is 17.6 Å². The number of halogens is 1. The Bertz CT molecular complexity index is 571. The van der Waals surface area contributed by atoms with Crippen LogP contribution >= 0.6 is 22.9 Å². The average molecular weight is 324 g/mol. The molecule has 0 unspecified atom stereocenters. The summed E-state index contributed by atoms with van der Waals surface area (Å²) in [5.41, 5.74) is 1.03. The molecule has 0 aliphatic carbocycles. The number of nitrogens with one attached hydrogen (secondary N) is 1. The summed E-state index contributed by atoms with van der Waals surface area (Å²) in [6.07, 6.45) is 1.73. The lowest BCUT2D eigenvalue weighted by molar-refractivity contribution is -0.122. The van der Waals surface area contributed by atoms with Crippen molar-refractivity contribution in [2.45, 2.75) is 19.5 Å². The molecular formula is C15H18ClN3OS. The first-order valence-corrected chi connectivity index (χ1v) is 7.92. The molecule has 0 radical (unpaired) electrons. The maximum absolute atomic E-state index is 12.0. The van der Waals surface area contributed by atoms with Crippen LogP contribution in [0.1, 0.15) is 23.4 Å². The zero-order chi connectivity index (χ0) is 15.2. The molecule has 0 saturated carbocycles. The molecule has 0 aliphatic heterocycles. The second-order valence-electron chi connectivity index (χ2n) is 4.97. The summed E-state index contributed by atoms with van der Waals surface area (Å²) >= 11 is 7.40. The average Bonchev–Trinajstić information content (AvgIpc) is 2.95. The van der Waals surface area contributed by atoms with Gasteiger partial charge in [0.05, 0.1) is 12.6 Å². The SMILES string of the molecule is C[C@H](NC(=O)CN(C)Cc1ccc(Cl)nc1)c1cccs1. The number of hydrogen-bond acceptors (Lipinski definition) is 4. The van der Waals surface area contributed by atoms with E-state index < -0.39 is 0 Å². The number of aromatic nitrogens is 1. The molecule has 1 N–H and O–H groups in total. The molecule has 0 aromatic carbocycles. The van der Waals surface area contributed by atoms with Gasteiger partial charge >= 0.3 is 0 Å². The fourth-order valence-electron chi connectivity index (χ4n) is 2.01. The fourth-order valence-corrected chi connectivity index (χ4v) is 2.85. The third-order valence-electron chi connectivity index (χ3n) is 3.00. The minimum absolute atomic E-state index is 0.0142. The van der Waals surface area contributed by atoms with Gasteiger partial charge in [-0.05, 0) is 37.0 Å². The van der Waals surface area contributed by atoms with Gasteiger partial charge in [0.15, 0.2) is 0 Å². The lowest BCUT2D eigenvalue weighted by Crippen LogP contribution is -2.36. The van der Waals surface area contributed by atoms with Crippen LogP contribution in [0.5, 0.6) is 0 Å². The smallest absolute Gasteiger partial charge is 0.234 e. The Morgan fingerprint density at radius 3 is 2.90 bits per heavy atom. The van der Waals surface area contributed by atoms with Gasteiger partial charge in [-0.15, -0.1) is 11.3 Å². The predicted molar refractivity (Wildman–Crippen MR) is 86.5 cm³/mol. The van der Waals surface area contributed by atoms with Crippen molar-refractivity contribution in [3.63, 3.8) is 0 Å². The van der Waals surface area contributed by atoms with E-state index in [1.165, 1.54) is 0 Å². The van der Waals surface area contributed by atoms with Gasteiger partial charge in [0.2, 0.25) is 5.91 Å². The molecule has 1 atom stereocenters. The summed E-state index contributed by atoms with van der Waals surface area (Å²) in [4.78, 5) is 19.2. The summed E-state index contributed by atoms with van der Waals surface area (Å²) in [7, 11) is 1.91. The lowest BCUT2D eigenvalue weighted by Gasteiger charge is -2.18. The first-order chi connectivity index (χ1) is 10.0. The number of hydrogen-bond donors (Lipinski definition) is 1.